The lowest BCUT2D eigenvalue weighted by Crippen LogP contribution is -2.34. The molecule has 0 aliphatic heterocycles. The minimum absolute atomic E-state index is 0.268. The first kappa shape index (κ1) is 19.8. The van der Waals surface area contributed by atoms with Crippen LogP contribution in [-0.2, 0) is 0 Å². The number of carbonyl (C=O) groups is 1. The van der Waals surface area contributed by atoms with Gasteiger partial charge in [0.1, 0.15) is 0 Å². The van der Waals surface area contributed by atoms with Crippen molar-refractivity contribution in [3.05, 3.63) is 53.2 Å². The number of ether oxygens (including phenoxy) is 1. The molecule has 26 heavy (non-hydrogen) atoms. The normalized spacial score (nSPS) is 12.3. The molecule has 1 aromatic carbocycles. The van der Waals surface area contributed by atoms with Crippen molar-refractivity contribution in [2.75, 3.05) is 18.5 Å². The Balaban J connectivity index is 2.02. The highest BCUT2D eigenvalue weighted by Crippen LogP contribution is 2.21. The number of aliphatic hydroxyl groups excluding tert-OH is 1. The van der Waals surface area contributed by atoms with Gasteiger partial charge in [0.25, 0.3) is 0 Å². The largest absolute Gasteiger partial charge is 0.468 e. The smallest absolute Gasteiger partial charge is 0.422 e. The molecule has 3 N–H and O–H groups in total. The Morgan fingerprint density at radius 1 is 1.31 bits per heavy atom. The van der Waals surface area contributed by atoms with Crippen LogP contribution in [0.5, 0.6) is 5.88 Å². The summed E-state index contributed by atoms with van der Waals surface area (Å²) in [5.41, 5.74) is 0.775. The van der Waals surface area contributed by atoms with Gasteiger partial charge >= 0.3 is 12.2 Å². The third kappa shape index (κ3) is 6.41. The van der Waals surface area contributed by atoms with E-state index in [2.05, 4.69) is 20.4 Å². The summed E-state index contributed by atoms with van der Waals surface area (Å²) in [7, 11) is 0. The fraction of sp³-hybridized carbons (Fsp3) is 0.250. The highest BCUT2D eigenvalue weighted by Gasteiger charge is 2.28. The molecule has 0 fully saturated rings. The number of rotatable bonds is 6. The number of aliphatic hydroxyl groups is 1. The van der Waals surface area contributed by atoms with E-state index in [1.807, 2.05) is 0 Å². The van der Waals surface area contributed by atoms with Gasteiger partial charge in [-0.15, -0.1) is 0 Å². The molecule has 1 heterocycles. The van der Waals surface area contributed by atoms with E-state index in [0.29, 0.717) is 16.3 Å². The van der Waals surface area contributed by atoms with Gasteiger partial charge in [-0.25, -0.2) is 9.78 Å². The highest BCUT2D eigenvalue weighted by atomic mass is 35.5. The summed E-state index contributed by atoms with van der Waals surface area (Å²) < 4.78 is 41.2. The first-order chi connectivity index (χ1) is 12.3. The minimum atomic E-state index is -4.50. The fourth-order valence-electron chi connectivity index (χ4n) is 2.00. The second-order valence-corrected chi connectivity index (χ2v) is 5.61. The van der Waals surface area contributed by atoms with E-state index in [4.69, 9.17) is 11.6 Å². The van der Waals surface area contributed by atoms with Crippen molar-refractivity contribution in [3.63, 3.8) is 0 Å². The molecule has 0 bridgehead atoms. The van der Waals surface area contributed by atoms with E-state index in [-0.39, 0.29) is 5.88 Å². The van der Waals surface area contributed by atoms with Crippen LogP contribution in [0.15, 0.2) is 42.6 Å². The van der Waals surface area contributed by atoms with Gasteiger partial charge in [0.2, 0.25) is 5.88 Å². The number of hydrogen-bond donors (Lipinski definition) is 3. The zero-order valence-electron chi connectivity index (χ0n) is 13.3. The van der Waals surface area contributed by atoms with Crippen LogP contribution in [0.1, 0.15) is 11.6 Å². The minimum Gasteiger partial charge on any atom is -0.468 e. The van der Waals surface area contributed by atoms with Crippen LogP contribution in [0.4, 0.5) is 23.7 Å². The Hall–Kier alpha value is -2.52. The van der Waals surface area contributed by atoms with Crippen LogP contribution in [0, 0.1) is 0 Å². The summed E-state index contributed by atoms with van der Waals surface area (Å²) >= 11 is 5.82. The maximum Gasteiger partial charge on any atom is 0.422 e. The Morgan fingerprint density at radius 2 is 2.08 bits per heavy atom. The zero-order valence-corrected chi connectivity index (χ0v) is 14.0. The number of halogens is 4. The number of alkyl halides is 3. The maximum absolute atomic E-state index is 12.2. The van der Waals surface area contributed by atoms with Crippen molar-refractivity contribution in [2.24, 2.45) is 0 Å². The first-order valence-corrected chi connectivity index (χ1v) is 7.74. The van der Waals surface area contributed by atoms with E-state index in [1.54, 1.807) is 18.2 Å². The predicted octanol–water partition coefficient (Wildman–Crippen LogP) is 3.53. The summed E-state index contributed by atoms with van der Waals surface area (Å²) in [6.07, 6.45) is -3.27. The van der Waals surface area contributed by atoms with E-state index in [0.717, 1.165) is 0 Å². The molecule has 0 saturated heterocycles. The molecule has 0 spiro atoms. The third-order valence-corrected chi connectivity index (χ3v) is 3.35. The number of benzene rings is 1. The Bertz CT molecular complexity index is 759. The number of amides is 2. The molecule has 2 amide bonds. The Morgan fingerprint density at radius 3 is 2.73 bits per heavy atom. The van der Waals surface area contributed by atoms with Gasteiger partial charge in [0, 0.05) is 23.0 Å². The molecule has 0 radical (unpaired) electrons. The van der Waals surface area contributed by atoms with Gasteiger partial charge in [0.15, 0.2) is 6.61 Å². The number of nitrogens with zero attached hydrogens (tertiary/aromatic N) is 1. The van der Waals surface area contributed by atoms with Crippen LogP contribution in [0.2, 0.25) is 5.02 Å². The summed E-state index contributed by atoms with van der Waals surface area (Å²) in [5, 5.41) is 15.0. The quantitative estimate of drug-likeness (QED) is 0.705. The topological polar surface area (TPSA) is 83.5 Å². The molecule has 140 valence electrons. The van der Waals surface area contributed by atoms with E-state index < -0.39 is 31.5 Å². The number of urea groups is 1. The molecule has 0 aliphatic rings. The van der Waals surface area contributed by atoms with E-state index in [9.17, 15) is 23.1 Å². The van der Waals surface area contributed by atoms with E-state index in [1.165, 1.54) is 24.4 Å². The third-order valence-electron chi connectivity index (χ3n) is 3.12. The molecule has 0 aliphatic carbocycles. The van der Waals surface area contributed by atoms with Crippen LogP contribution in [0.25, 0.3) is 0 Å². The number of nitrogens with one attached hydrogen (secondary N) is 2. The molecule has 1 aromatic heterocycles. The molecular weight excluding hydrogens is 375 g/mol. The predicted molar refractivity (Wildman–Crippen MR) is 89.2 cm³/mol. The van der Waals surface area contributed by atoms with Gasteiger partial charge < -0.3 is 20.5 Å². The average molecular weight is 390 g/mol. The van der Waals surface area contributed by atoms with Crippen molar-refractivity contribution in [3.8, 4) is 5.88 Å². The summed E-state index contributed by atoms with van der Waals surface area (Å²) in [4.78, 5) is 15.7. The highest BCUT2D eigenvalue weighted by molar-refractivity contribution is 6.30. The molecule has 1 unspecified atom stereocenters. The summed E-state index contributed by atoms with van der Waals surface area (Å²) in [5.74, 6) is -0.268. The van der Waals surface area contributed by atoms with Crippen molar-refractivity contribution in [1.29, 1.82) is 0 Å². The van der Waals surface area contributed by atoms with E-state index >= 15 is 0 Å². The molecule has 6 nitrogen and oxygen atoms in total. The van der Waals surface area contributed by atoms with Crippen molar-refractivity contribution >= 4 is 23.3 Å². The van der Waals surface area contributed by atoms with Crippen LogP contribution >= 0.6 is 11.6 Å². The number of hydrogen-bond acceptors (Lipinski definition) is 4. The monoisotopic (exact) mass is 389 g/mol. The first-order valence-electron chi connectivity index (χ1n) is 7.36. The molecule has 1 atom stereocenters. The molecule has 2 rings (SSSR count). The number of pyridine rings is 1. The van der Waals surface area contributed by atoms with Crippen LogP contribution < -0.4 is 15.4 Å². The number of carbonyl (C=O) groups excluding carboxylic acids is 1. The SMILES string of the molecule is O=C(Nc1cccc(Cl)c1)NC(CO)c1ccnc(OCC(F)(F)F)c1. The summed E-state index contributed by atoms with van der Waals surface area (Å²) in [6, 6.07) is 7.61. The van der Waals surface area contributed by atoms with Crippen molar-refractivity contribution in [1.82, 2.24) is 10.3 Å². The molecular formula is C16H15ClF3N3O3. The molecule has 2 aromatic rings. The summed E-state index contributed by atoms with van der Waals surface area (Å²) in [6.45, 7) is -1.97. The lowest BCUT2D eigenvalue weighted by Gasteiger charge is -2.18. The maximum atomic E-state index is 12.2. The lowest BCUT2D eigenvalue weighted by molar-refractivity contribution is -0.154. The second-order valence-electron chi connectivity index (χ2n) is 5.18. The number of aromatic nitrogens is 1. The van der Waals surface area contributed by atoms with Gasteiger partial charge in [-0.2, -0.15) is 13.2 Å². The van der Waals surface area contributed by atoms with Gasteiger partial charge in [-0.1, -0.05) is 17.7 Å². The van der Waals surface area contributed by atoms with Gasteiger partial charge in [-0.05, 0) is 29.8 Å². The van der Waals surface area contributed by atoms with Gasteiger partial charge in [-0.3, -0.25) is 0 Å². The fourth-order valence-corrected chi connectivity index (χ4v) is 2.19. The van der Waals surface area contributed by atoms with Crippen LogP contribution in [0.3, 0.4) is 0 Å². The van der Waals surface area contributed by atoms with Crippen molar-refractivity contribution < 1.29 is 27.8 Å². The lowest BCUT2D eigenvalue weighted by atomic mass is 10.1. The van der Waals surface area contributed by atoms with Gasteiger partial charge in [0.05, 0.1) is 12.6 Å². The molecule has 0 saturated carbocycles. The second kappa shape index (κ2) is 8.72. The average Bonchev–Trinajstić information content (AvgIpc) is 2.57. The number of anilines is 1. The molecule has 10 heteroatoms. The Kier molecular flexibility index (Phi) is 6.64. The Labute approximate surface area is 152 Å². The zero-order chi connectivity index (χ0) is 19.2. The standard InChI is InChI=1S/C16H15ClF3N3O3/c17-11-2-1-3-12(7-11)22-15(25)23-13(8-24)10-4-5-21-14(6-10)26-9-16(18,19)20/h1-7,13,24H,8-9H2,(H2,22,23,25). The van der Waals surface area contributed by atoms with Crippen molar-refractivity contribution in [2.45, 2.75) is 12.2 Å². The van der Waals surface area contributed by atoms with Crippen LogP contribution in [-0.4, -0.2) is 35.5 Å².